The molecule has 5 rings (SSSR count). The zero-order chi connectivity index (χ0) is 28.1. The first-order valence-electron chi connectivity index (χ1n) is 13.6. The summed E-state index contributed by atoms with van der Waals surface area (Å²) in [7, 11) is 0. The average molecular weight is 522 g/mol. The molecule has 0 atom stereocenters. The van der Waals surface area contributed by atoms with Gasteiger partial charge in [-0.1, -0.05) is 92.6 Å². The number of aliphatic imine (C=N–C) groups is 1. The molecule has 0 amide bonds. The Balaban J connectivity index is 1.53. The summed E-state index contributed by atoms with van der Waals surface area (Å²) in [6.45, 7) is 17.8. The molecule has 0 spiro atoms. The molecule has 198 valence electrons. The van der Waals surface area contributed by atoms with Crippen molar-refractivity contribution in [3.05, 3.63) is 157 Å². The maximum atomic E-state index is 4.63. The summed E-state index contributed by atoms with van der Waals surface area (Å²) in [5, 5.41) is 1.22. The Hall–Kier alpha value is -4.89. The van der Waals surface area contributed by atoms with Crippen LogP contribution in [0.2, 0.25) is 0 Å². The average Bonchev–Trinajstić information content (AvgIpc) is 3.29. The predicted octanol–water partition coefficient (Wildman–Crippen LogP) is 9.22. The van der Waals surface area contributed by atoms with Crippen molar-refractivity contribution in [3.8, 4) is 16.8 Å². The number of nitrogens with zero attached hydrogens (tertiary/aromatic N) is 3. The molecule has 2 heterocycles. The second kappa shape index (κ2) is 11.9. The Kier molecular flexibility index (Phi) is 7.93. The molecular formula is C37H35N3. The number of benzene rings is 3. The molecule has 40 heavy (non-hydrogen) atoms. The van der Waals surface area contributed by atoms with Crippen LogP contribution in [0.4, 0.5) is 0 Å². The maximum absolute atomic E-state index is 4.63. The van der Waals surface area contributed by atoms with Crippen molar-refractivity contribution in [3.63, 3.8) is 0 Å². The third kappa shape index (κ3) is 5.19. The lowest BCUT2D eigenvalue weighted by molar-refractivity contribution is 0.358. The zero-order valence-corrected chi connectivity index (χ0v) is 23.3. The van der Waals surface area contributed by atoms with E-state index >= 15 is 0 Å². The van der Waals surface area contributed by atoms with Gasteiger partial charge in [-0.3, -0.25) is 4.99 Å². The van der Waals surface area contributed by atoms with Gasteiger partial charge in [0.25, 0.3) is 0 Å². The summed E-state index contributed by atoms with van der Waals surface area (Å²) in [6.07, 6.45) is 13.8. The largest absolute Gasteiger partial charge is 0.347 e. The molecule has 3 nitrogen and oxygen atoms in total. The van der Waals surface area contributed by atoms with Crippen molar-refractivity contribution in [1.82, 2.24) is 9.47 Å². The van der Waals surface area contributed by atoms with Gasteiger partial charge in [0, 0.05) is 46.4 Å². The van der Waals surface area contributed by atoms with Crippen LogP contribution in [0.5, 0.6) is 0 Å². The Labute approximate surface area is 237 Å². The van der Waals surface area contributed by atoms with Crippen molar-refractivity contribution in [2.24, 2.45) is 4.99 Å². The second-order valence-electron chi connectivity index (χ2n) is 9.86. The van der Waals surface area contributed by atoms with Gasteiger partial charge >= 0.3 is 0 Å². The van der Waals surface area contributed by atoms with Crippen LogP contribution in [-0.2, 0) is 6.54 Å². The van der Waals surface area contributed by atoms with E-state index in [1.807, 2.05) is 37.4 Å². The lowest BCUT2D eigenvalue weighted by atomic mass is 10.0. The van der Waals surface area contributed by atoms with E-state index in [9.17, 15) is 0 Å². The highest BCUT2D eigenvalue weighted by molar-refractivity contribution is 5.92. The van der Waals surface area contributed by atoms with Crippen LogP contribution in [0.25, 0.3) is 33.8 Å². The van der Waals surface area contributed by atoms with E-state index in [0.29, 0.717) is 13.2 Å². The molecule has 4 aromatic rings. The summed E-state index contributed by atoms with van der Waals surface area (Å²) in [6, 6.07) is 26.0. The smallest absolute Gasteiger partial charge is 0.110 e. The van der Waals surface area contributed by atoms with E-state index in [0.717, 1.165) is 22.5 Å². The van der Waals surface area contributed by atoms with Gasteiger partial charge in [-0.05, 0) is 72.5 Å². The van der Waals surface area contributed by atoms with Gasteiger partial charge in [0.1, 0.15) is 6.67 Å². The molecular weight excluding hydrogens is 486 g/mol. The number of hydrogen-bond acceptors (Lipinski definition) is 2. The first-order valence-corrected chi connectivity index (χ1v) is 13.6. The van der Waals surface area contributed by atoms with Crippen molar-refractivity contribution in [1.29, 1.82) is 0 Å². The topological polar surface area (TPSA) is 20.5 Å². The lowest BCUT2D eigenvalue weighted by Gasteiger charge is -2.26. The predicted molar refractivity (Wildman–Crippen MR) is 173 cm³/mol. The van der Waals surface area contributed by atoms with E-state index < -0.39 is 0 Å². The highest BCUT2D eigenvalue weighted by Crippen LogP contribution is 2.32. The van der Waals surface area contributed by atoms with E-state index in [1.54, 1.807) is 0 Å². The van der Waals surface area contributed by atoms with Crippen LogP contribution >= 0.6 is 0 Å². The molecule has 3 aromatic carbocycles. The minimum Gasteiger partial charge on any atom is -0.347 e. The van der Waals surface area contributed by atoms with E-state index in [2.05, 4.69) is 126 Å². The monoisotopic (exact) mass is 521 g/mol. The first kappa shape index (κ1) is 26.7. The summed E-state index contributed by atoms with van der Waals surface area (Å²) in [5.41, 5.74) is 11.2. The Morgan fingerprint density at radius 2 is 1.70 bits per heavy atom. The number of aromatic nitrogens is 1. The Bertz CT molecular complexity index is 1720. The van der Waals surface area contributed by atoms with Gasteiger partial charge < -0.3 is 9.47 Å². The molecule has 0 bridgehead atoms. The van der Waals surface area contributed by atoms with Gasteiger partial charge in [0.05, 0.1) is 5.52 Å². The summed E-state index contributed by atoms with van der Waals surface area (Å²) < 4.78 is 2.33. The van der Waals surface area contributed by atoms with Crippen molar-refractivity contribution >= 4 is 23.2 Å². The zero-order valence-electron chi connectivity index (χ0n) is 23.3. The maximum Gasteiger partial charge on any atom is 0.110 e. The minimum atomic E-state index is 0.542. The van der Waals surface area contributed by atoms with Crippen LogP contribution in [0.15, 0.2) is 145 Å². The normalized spacial score (nSPS) is 16.6. The molecule has 1 aromatic heterocycles. The number of allylic oxidation sites excluding steroid dienone is 7. The standard InChI is InChI=1S/C37H35N3/c1-6-14-36-33(7-2)27(4)15-13-22-38-26-39(36)25-29-16-11-17-30(23-29)31-18-12-19-32(24-31)40-28(5)34(8-3)35-20-9-10-21-37(35)40/h6-24H,2-4,25-26H2,1,5H3/b14-6-,15-13-,36-33-,38-22?. The van der Waals surface area contributed by atoms with Gasteiger partial charge in [-0.2, -0.15) is 0 Å². The molecule has 1 aliphatic heterocycles. The molecule has 0 radical (unpaired) electrons. The SMILES string of the molecule is C=C/C1=C(\C=C/C)N(Cc2cccc(-c3cccc(-n4c(C)c(C=C)c5ccccc54)c3)c2)CN=C/C=C\C1=C. The van der Waals surface area contributed by atoms with E-state index in [4.69, 9.17) is 0 Å². The van der Waals surface area contributed by atoms with Crippen LogP contribution in [0.3, 0.4) is 0 Å². The quantitative estimate of drug-likeness (QED) is 0.237. The van der Waals surface area contributed by atoms with Crippen LogP contribution in [-0.4, -0.2) is 22.4 Å². The van der Waals surface area contributed by atoms with Gasteiger partial charge in [0.2, 0.25) is 0 Å². The lowest BCUT2D eigenvalue weighted by Crippen LogP contribution is -2.23. The number of fused-ring (bicyclic) bond motifs is 1. The Morgan fingerprint density at radius 1 is 0.925 bits per heavy atom. The Morgan fingerprint density at radius 3 is 2.48 bits per heavy atom. The van der Waals surface area contributed by atoms with Gasteiger partial charge in [0.15, 0.2) is 0 Å². The number of para-hydroxylation sites is 1. The molecule has 0 fully saturated rings. The molecule has 0 N–H and O–H groups in total. The third-order valence-electron chi connectivity index (χ3n) is 7.34. The van der Waals surface area contributed by atoms with E-state index in [-0.39, 0.29) is 0 Å². The highest BCUT2D eigenvalue weighted by atomic mass is 15.2. The third-order valence-corrected chi connectivity index (χ3v) is 7.34. The fourth-order valence-electron chi connectivity index (χ4n) is 5.47. The van der Waals surface area contributed by atoms with Gasteiger partial charge in [-0.15, -0.1) is 0 Å². The van der Waals surface area contributed by atoms with Crippen LogP contribution in [0, 0.1) is 6.92 Å². The summed E-state index contributed by atoms with van der Waals surface area (Å²) in [5.74, 6) is 0. The molecule has 0 unspecified atom stereocenters. The van der Waals surface area contributed by atoms with Crippen LogP contribution < -0.4 is 0 Å². The molecule has 0 saturated heterocycles. The molecule has 3 heteroatoms. The van der Waals surface area contributed by atoms with Crippen molar-refractivity contribution < 1.29 is 0 Å². The van der Waals surface area contributed by atoms with Gasteiger partial charge in [-0.25, -0.2) is 0 Å². The molecule has 0 saturated carbocycles. The fourth-order valence-corrected chi connectivity index (χ4v) is 5.47. The fraction of sp³-hybridized carbons (Fsp3) is 0.108. The first-order chi connectivity index (χ1) is 19.5. The van der Waals surface area contributed by atoms with E-state index in [1.165, 1.54) is 38.9 Å². The minimum absolute atomic E-state index is 0.542. The highest BCUT2D eigenvalue weighted by Gasteiger charge is 2.16. The molecule has 0 aliphatic carbocycles. The van der Waals surface area contributed by atoms with Crippen molar-refractivity contribution in [2.45, 2.75) is 20.4 Å². The van der Waals surface area contributed by atoms with Crippen LogP contribution in [0.1, 0.15) is 23.7 Å². The second-order valence-corrected chi connectivity index (χ2v) is 9.86. The summed E-state index contributed by atoms with van der Waals surface area (Å²) in [4.78, 5) is 6.90. The number of hydrogen-bond donors (Lipinski definition) is 0. The summed E-state index contributed by atoms with van der Waals surface area (Å²) >= 11 is 0. The van der Waals surface area contributed by atoms with Crippen molar-refractivity contribution in [2.75, 3.05) is 6.67 Å². The molecule has 1 aliphatic rings. The number of rotatable bonds is 7.